The summed E-state index contributed by atoms with van der Waals surface area (Å²) in [6.45, 7) is 2.95. The molecule has 21 heteroatoms. The summed E-state index contributed by atoms with van der Waals surface area (Å²) in [6.07, 6.45) is 2.02. The summed E-state index contributed by atoms with van der Waals surface area (Å²) in [7, 11) is 0. The van der Waals surface area contributed by atoms with E-state index in [1.807, 2.05) is 0 Å². The molecule has 0 spiro atoms. The predicted octanol–water partition coefficient (Wildman–Crippen LogP) is -4.72. The van der Waals surface area contributed by atoms with Crippen molar-refractivity contribution in [1.29, 1.82) is 0 Å². The van der Waals surface area contributed by atoms with Gasteiger partial charge >= 0.3 is 0 Å². The summed E-state index contributed by atoms with van der Waals surface area (Å²) in [5.41, 5.74) is 16.3. The van der Waals surface area contributed by atoms with Crippen molar-refractivity contribution in [2.24, 2.45) is 22.2 Å². The second-order valence-corrected chi connectivity index (χ2v) is 11.9. The summed E-state index contributed by atoms with van der Waals surface area (Å²) >= 11 is 4.16. The van der Waals surface area contributed by atoms with Gasteiger partial charge in [-0.15, -0.1) is 0 Å². The number of aromatic nitrogens is 2. The van der Waals surface area contributed by atoms with E-state index in [0.29, 0.717) is 12.1 Å². The molecule has 1 saturated heterocycles. The van der Waals surface area contributed by atoms with Gasteiger partial charge in [0.1, 0.15) is 36.3 Å². The number of carbonyl (C=O) groups is 8. The summed E-state index contributed by atoms with van der Waals surface area (Å²) in [5.74, 6) is -6.92. The lowest BCUT2D eigenvalue weighted by Crippen LogP contribution is -2.60. The Labute approximate surface area is 292 Å². The average Bonchev–Trinajstić information content (AvgIpc) is 3.75. The lowest BCUT2D eigenvalue weighted by Gasteiger charge is -2.30. The van der Waals surface area contributed by atoms with Crippen molar-refractivity contribution in [1.82, 2.24) is 36.1 Å². The number of likely N-dealkylation sites (tertiary alicyclic amines) is 1. The molecular formula is C29H45N11O9S. The van der Waals surface area contributed by atoms with Gasteiger partial charge in [0, 0.05) is 37.0 Å². The van der Waals surface area contributed by atoms with Crippen LogP contribution in [0.5, 0.6) is 0 Å². The van der Waals surface area contributed by atoms with Crippen molar-refractivity contribution in [3.8, 4) is 0 Å². The Kier molecular flexibility index (Phi) is 16.3. The first kappa shape index (κ1) is 41.1. The van der Waals surface area contributed by atoms with E-state index in [2.05, 4.69) is 48.9 Å². The third kappa shape index (κ3) is 12.4. The monoisotopic (exact) mass is 723 g/mol. The number of aromatic amines is 1. The molecule has 0 aliphatic carbocycles. The first-order valence-electron chi connectivity index (χ1n) is 15.7. The van der Waals surface area contributed by atoms with Crippen LogP contribution in [0.3, 0.4) is 0 Å². The molecule has 50 heavy (non-hydrogen) atoms. The van der Waals surface area contributed by atoms with Crippen LogP contribution in [0.1, 0.15) is 51.6 Å². The minimum Gasteiger partial charge on any atom is -0.391 e. The molecule has 12 N–H and O–H groups in total. The maximum absolute atomic E-state index is 13.9. The number of nitrogens with zero attached hydrogens (tertiary/aromatic N) is 3. The van der Waals surface area contributed by atoms with Crippen molar-refractivity contribution in [3.63, 3.8) is 0 Å². The molecule has 8 amide bonds. The highest BCUT2D eigenvalue weighted by Crippen LogP contribution is 2.20. The van der Waals surface area contributed by atoms with Gasteiger partial charge in [0.2, 0.25) is 47.3 Å². The Morgan fingerprint density at radius 3 is 2.22 bits per heavy atom. The minimum atomic E-state index is -1.68. The highest BCUT2D eigenvalue weighted by Gasteiger charge is 2.40. The zero-order valence-electron chi connectivity index (χ0n) is 27.7. The molecule has 0 radical (unpaired) electrons. The van der Waals surface area contributed by atoms with Gasteiger partial charge < -0.3 is 53.5 Å². The van der Waals surface area contributed by atoms with E-state index in [-0.39, 0.29) is 38.0 Å². The fourth-order valence-electron chi connectivity index (χ4n) is 5.15. The highest BCUT2D eigenvalue weighted by atomic mass is 32.1. The van der Waals surface area contributed by atoms with Gasteiger partial charge in [-0.2, -0.15) is 12.6 Å². The van der Waals surface area contributed by atoms with E-state index in [0.717, 1.165) is 0 Å². The number of nitrogens with two attached hydrogens (primary N) is 3. The van der Waals surface area contributed by atoms with Crippen molar-refractivity contribution in [2.75, 3.05) is 12.3 Å². The first-order chi connectivity index (χ1) is 23.6. The second kappa shape index (κ2) is 19.8. The van der Waals surface area contributed by atoms with Crippen LogP contribution in [0.2, 0.25) is 0 Å². The van der Waals surface area contributed by atoms with Crippen LogP contribution >= 0.6 is 12.6 Å². The molecule has 1 aromatic rings. The van der Waals surface area contributed by atoms with Crippen LogP contribution in [-0.2, 0) is 44.8 Å². The number of thiol groups is 1. The average molecular weight is 724 g/mol. The van der Waals surface area contributed by atoms with Crippen LogP contribution in [0.15, 0.2) is 17.5 Å². The van der Waals surface area contributed by atoms with Crippen molar-refractivity contribution < 1.29 is 43.5 Å². The fourth-order valence-corrected chi connectivity index (χ4v) is 5.41. The van der Waals surface area contributed by atoms with Crippen molar-refractivity contribution in [2.45, 2.75) is 94.7 Å². The Morgan fingerprint density at radius 1 is 1.02 bits per heavy atom. The fraction of sp³-hybridized carbons (Fsp3) is 0.586. The Balaban J connectivity index is 2.30. The zero-order chi connectivity index (χ0) is 37.5. The number of amides is 8. The smallest absolute Gasteiger partial charge is 0.246 e. The van der Waals surface area contributed by atoms with Crippen LogP contribution in [0, 0.1) is 0 Å². The van der Waals surface area contributed by atoms with E-state index in [1.165, 1.54) is 30.6 Å². The number of nitrogens with one attached hydrogen (secondary N) is 5. The number of hydrogen-bond acceptors (Lipinski definition) is 12. The van der Waals surface area contributed by atoms with Crippen molar-refractivity contribution in [3.05, 3.63) is 18.2 Å². The third-order valence-electron chi connectivity index (χ3n) is 7.67. The van der Waals surface area contributed by atoms with Crippen LogP contribution in [0.25, 0.3) is 0 Å². The van der Waals surface area contributed by atoms with E-state index in [4.69, 9.17) is 17.2 Å². The molecule has 0 unspecified atom stereocenters. The van der Waals surface area contributed by atoms with Crippen molar-refractivity contribution >= 4 is 66.1 Å². The van der Waals surface area contributed by atoms with Gasteiger partial charge in [0.05, 0.1) is 18.9 Å². The zero-order valence-corrected chi connectivity index (χ0v) is 28.6. The van der Waals surface area contributed by atoms with Gasteiger partial charge in [-0.25, -0.2) is 4.98 Å². The van der Waals surface area contributed by atoms with E-state index in [1.54, 1.807) is 6.92 Å². The molecule has 1 fully saturated rings. The topological polar surface area (TPSA) is 327 Å². The third-order valence-corrected chi connectivity index (χ3v) is 8.02. The molecule has 0 aromatic carbocycles. The van der Waals surface area contributed by atoms with Gasteiger partial charge in [0.25, 0.3) is 0 Å². The van der Waals surface area contributed by atoms with Crippen LogP contribution in [-0.4, -0.2) is 128 Å². The largest absolute Gasteiger partial charge is 0.391 e. The van der Waals surface area contributed by atoms with Crippen LogP contribution < -0.4 is 38.5 Å². The molecule has 276 valence electrons. The summed E-state index contributed by atoms with van der Waals surface area (Å²) < 4.78 is 0. The molecule has 20 nitrogen and oxygen atoms in total. The standard InChI is InChI=1S/C29H45N11O9S/c1-3-34-19(12-50)27(47)38-18(9-15-11-33-13-35-15)29(49)40-8-4-5-20(40)28(48)36-16(6-7-21(30)42)25(45)37-17(10-22(31)43)26(46)39-23(14(2)41)24(32)44/h3,11,13-14,16-20,23,41,50H,4-10,12H2,1-2H3,(H2,30,42)(H2,31,43)(H2,32,44)(H,33,35)(H,36,48)(H,37,45)(H,38,47)(H,39,46)/t14-,16+,17+,18+,19+,20+,23+/m1/s1. The quantitative estimate of drug-likeness (QED) is 0.0452. The first-order valence-corrected chi connectivity index (χ1v) is 16.3. The molecule has 1 aliphatic rings. The Bertz CT molecular complexity index is 1420. The molecule has 1 aromatic heterocycles. The number of aliphatic hydroxyl groups is 1. The maximum Gasteiger partial charge on any atom is 0.246 e. The predicted molar refractivity (Wildman–Crippen MR) is 180 cm³/mol. The number of carbonyl (C=O) groups excluding carboxylic acids is 8. The number of imidazole rings is 1. The van der Waals surface area contributed by atoms with Gasteiger partial charge in [-0.1, -0.05) is 0 Å². The minimum absolute atomic E-state index is 0.00315. The van der Waals surface area contributed by atoms with Crippen LogP contribution in [0.4, 0.5) is 0 Å². The van der Waals surface area contributed by atoms with E-state index < -0.39 is 96.0 Å². The van der Waals surface area contributed by atoms with E-state index in [9.17, 15) is 43.5 Å². The number of hydrogen-bond donors (Lipinski definition) is 10. The molecular weight excluding hydrogens is 678 g/mol. The SMILES string of the molecule is CC=N[C@@H](CS)C(=O)N[C@@H](Cc1cnc[nH]1)C(=O)N1CCC[C@H]1C(=O)N[C@@H](CCC(N)=O)C(=O)N[C@@H](CC(N)=O)C(=O)N[C@H](C(N)=O)[C@@H](C)O. The van der Waals surface area contributed by atoms with Gasteiger partial charge in [0.15, 0.2) is 0 Å². The summed E-state index contributed by atoms with van der Waals surface area (Å²) in [6, 6.07) is -7.87. The molecule has 2 rings (SSSR count). The number of H-pyrrole nitrogens is 1. The number of rotatable bonds is 20. The Morgan fingerprint density at radius 2 is 1.68 bits per heavy atom. The normalized spacial score (nSPS) is 17.8. The maximum atomic E-state index is 13.9. The lowest BCUT2D eigenvalue weighted by molar-refractivity contribution is -0.142. The molecule has 0 saturated carbocycles. The van der Waals surface area contributed by atoms with Gasteiger partial charge in [-0.3, -0.25) is 43.3 Å². The molecule has 2 heterocycles. The van der Waals surface area contributed by atoms with E-state index >= 15 is 0 Å². The molecule has 7 atom stereocenters. The molecule has 1 aliphatic heterocycles. The number of aliphatic hydroxyl groups excluding tert-OH is 1. The van der Waals surface area contributed by atoms with Gasteiger partial charge in [-0.05, 0) is 39.3 Å². The number of primary amides is 3. The second-order valence-electron chi connectivity index (χ2n) is 11.6. The highest BCUT2D eigenvalue weighted by molar-refractivity contribution is 7.80. The molecule has 0 bridgehead atoms. The lowest BCUT2D eigenvalue weighted by atomic mass is 10.1. The Hall–Kier alpha value is -5.05. The summed E-state index contributed by atoms with van der Waals surface area (Å²) in [4.78, 5) is 114. The number of aliphatic imine (C=N–C) groups is 1. The summed E-state index contributed by atoms with van der Waals surface area (Å²) in [5, 5.41) is 19.4.